The van der Waals surface area contributed by atoms with E-state index in [4.69, 9.17) is 10.5 Å². The number of methoxy groups -OCH3 is 1. The van der Waals surface area contributed by atoms with Gasteiger partial charge in [-0.2, -0.15) is 5.10 Å². The molecule has 0 unspecified atom stereocenters. The number of nitrogen functional groups attached to an aromatic ring is 1. The molecule has 0 aliphatic heterocycles. The van der Waals surface area contributed by atoms with Crippen LogP contribution >= 0.6 is 15.9 Å². The highest BCUT2D eigenvalue weighted by Gasteiger charge is 2.06. The first kappa shape index (κ1) is 12.8. The number of hydrogen-bond acceptors (Lipinski definition) is 4. The van der Waals surface area contributed by atoms with Crippen molar-refractivity contribution < 1.29 is 4.74 Å². The summed E-state index contributed by atoms with van der Waals surface area (Å²) in [4.78, 5) is 0. The first-order valence-corrected chi connectivity index (χ1v) is 6.79. The van der Waals surface area contributed by atoms with Gasteiger partial charge >= 0.3 is 0 Å². The number of nitrogens with two attached hydrogens (primary N) is 1. The molecule has 1 aromatic heterocycles. The summed E-state index contributed by atoms with van der Waals surface area (Å²) in [5, 5.41) is 11.2. The number of nitrogens with one attached hydrogen (secondary N) is 2. The summed E-state index contributed by atoms with van der Waals surface area (Å²) in [6.07, 6.45) is 1.75. The van der Waals surface area contributed by atoms with Gasteiger partial charge in [-0.25, -0.2) is 0 Å². The third kappa shape index (κ3) is 2.42. The molecule has 5 nitrogen and oxygen atoms in total. The molecule has 3 rings (SSSR count). The summed E-state index contributed by atoms with van der Waals surface area (Å²) in [6, 6.07) is 9.58. The van der Waals surface area contributed by atoms with Crippen LogP contribution in [0.5, 0.6) is 5.75 Å². The van der Waals surface area contributed by atoms with E-state index in [1.807, 2.05) is 30.3 Å². The fourth-order valence-corrected chi connectivity index (χ4v) is 2.50. The lowest BCUT2D eigenvalue weighted by molar-refractivity contribution is 0.415. The molecule has 0 fully saturated rings. The normalized spacial score (nSPS) is 10.7. The van der Waals surface area contributed by atoms with Crippen molar-refractivity contribution in [3.8, 4) is 5.75 Å². The zero-order valence-electron chi connectivity index (χ0n) is 10.8. The molecule has 4 N–H and O–H groups in total. The van der Waals surface area contributed by atoms with E-state index in [1.165, 1.54) is 0 Å². The number of ether oxygens (including phenoxy) is 1. The Morgan fingerprint density at radius 1 is 1.25 bits per heavy atom. The fraction of sp³-hybridized carbons (Fsp3) is 0.0714. The summed E-state index contributed by atoms with van der Waals surface area (Å²) in [5.74, 6) is 0.767. The summed E-state index contributed by atoms with van der Waals surface area (Å²) >= 11 is 3.45. The minimum atomic E-state index is 0.665. The topological polar surface area (TPSA) is 76.0 Å². The van der Waals surface area contributed by atoms with Gasteiger partial charge in [-0.1, -0.05) is 15.9 Å². The molecule has 0 aliphatic rings. The molecule has 0 saturated heterocycles. The second-order valence-corrected chi connectivity index (χ2v) is 5.32. The van der Waals surface area contributed by atoms with Gasteiger partial charge in [-0.15, -0.1) is 0 Å². The molecule has 6 heteroatoms. The highest BCUT2D eigenvalue weighted by atomic mass is 79.9. The van der Waals surface area contributed by atoms with Crippen molar-refractivity contribution in [3.05, 3.63) is 41.0 Å². The molecule has 0 saturated carbocycles. The van der Waals surface area contributed by atoms with Gasteiger partial charge < -0.3 is 15.8 Å². The van der Waals surface area contributed by atoms with Crippen LogP contribution in [0.25, 0.3) is 10.9 Å². The summed E-state index contributed by atoms with van der Waals surface area (Å²) in [6.45, 7) is 0. The smallest absolute Gasteiger partial charge is 0.122 e. The monoisotopic (exact) mass is 332 g/mol. The van der Waals surface area contributed by atoms with Gasteiger partial charge in [-0.3, -0.25) is 5.10 Å². The number of aromatic nitrogens is 2. The van der Waals surface area contributed by atoms with Crippen LogP contribution in [-0.2, 0) is 0 Å². The number of anilines is 3. The van der Waals surface area contributed by atoms with Gasteiger partial charge in [0.15, 0.2) is 0 Å². The van der Waals surface area contributed by atoms with Gasteiger partial charge in [0.2, 0.25) is 0 Å². The summed E-state index contributed by atoms with van der Waals surface area (Å²) < 4.78 is 6.18. The number of fused-ring (bicyclic) bond motifs is 1. The number of benzene rings is 2. The van der Waals surface area contributed by atoms with Crippen LogP contribution in [0.1, 0.15) is 0 Å². The van der Waals surface area contributed by atoms with Crippen LogP contribution in [-0.4, -0.2) is 17.3 Å². The van der Waals surface area contributed by atoms with Crippen molar-refractivity contribution in [2.24, 2.45) is 0 Å². The van der Waals surface area contributed by atoms with E-state index >= 15 is 0 Å². The van der Waals surface area contributed by atoms with Crippen LogP contribution in [0.4, 0.5) is 17.1 Å². The zero-order chi connectivity index (χ0) is 14.1. The molecular formula is C14H13BrN4O. The molecule has 0 radical (unpaired) electrons. The first-order valence-electron chi connectivity index (χ1n) is 6.00. The number of rotatable bonds is 3. The Hall–Kier alpha value is -2.21. The Balaban J connectivity index is 1.99. The number of H-pyrrole nitrogens is 1. The largest absolute Gasteiger partial charge is 0.497 e. The maximum atomic E-state index is 6.06. The van der Waals surface area contributed by atoms with E-state index in [9.17, 15) is 0 Å². The number of aromatic amines is 1. The highest BCUT2D eigenvalue weighted by molar-refractivity contribution is 9.10. The third-order valence-electron chi connectivity index (χ3n) is 3.00. The zero-order valence-corrected chi connectivity index (χ0v) is 12.4. The molecule has 0 atom stereocenters. The molecule has 20 heavy (non-hydrogen) atoms. The van der Waals surface area contributed by atoms with Crippen molar-refractivity contribution in [2.75, 3.05) is 18.2 Å². The number of nitrogens with zero attached hydrogens (tertiary/aromatic N) is 1. The molecule has 1 heterocycles. The average molecular weight is 333 g/mol. The standard InChI is InChI=1S/C14H13BrN4O/c1-20-11-4-9(15)3-10(5-11)18-14-6-13-8(2-12(14)16)7-17-19-13/h2-7,18H,16H2,1H3,(H,17,19). The van der Waals surface area contributed by atoms with Gasteiger partial charge in [0.25, 0.3) is 0 Å². The van der Waals surface area contributed by atoms with E-state index in [0.717, 1.165) is 32.5 Å². The van der Waals surface area contributed by atoms with Gasteiger partial charge in [0.05, 0.1) is 30.2 Å². The Morgan fingerprint density at radius 3 is 2.90 bits per heavy atom. The van der Waals surface area contributed by atoms with E-state index in [1.54, 1.807) is 13.3 Å². The number of hydrogen-bond donors (Lipinski definition) is 3. The van der Waals surface area contributed by atoms with Crippen molar-refractivity contribution in [1.29, 1.82) is 0 Å². The average Bonchev–Trinajstić information content (AvgIpc) is 2.85. The van der Waals surface area contributed by atoms with Crippen molar-refractivity contribution in [1.82, 2.24) is 10.2 Å². The first-order chi connectivity index (χ1) is 9.65. The predicted molar refractivity (Wildman–Crippen MR) is 84.5 cm³/mol. The molecule has 0 spiro atoms. The molecule has 0 amide bonds. The lowest BCUT2D eigenvalue weighted by Crippen LogP contribution is -1.97. The van der Waals surface area contributed by atoms with E-state index in [0.29, 0.717) is 5.69 Å². The lowest BCUT2D eigenvalue weighted by Gasteiger charge is -2.11. The van der Waals surface area contributed by atoms with Crippen LogP contribution < -0.4 is 15.8 Å². The van der Waals surface area contributed by atoms with E-state index in [-0.39, 0.29) is 0 Å². The number of halogens is 1. The quantitative estimate of drug-likeness (QED) is 0.640. The summed E-state index contributed by atoms with van der Waals surface area (Å²) in [7, 11) is 1.64. The fourth-order valence-electron chi connectivity index (χ4n) is 2.03. The molecule has 0 aliphatic carbocycles. The maximum absolute atomic E-state index is 6.06. The molecule has 0 bridgehead atoms. The molecule has 3 aromatic rings. The predicted octanol–water partition coefficient (Wildman–Crippen LogP) is 3.66. The van der Waals surface area contributed by atoms with E-state index in [2.05, 4.69) is 31.4 Å². The molecule has 102 valence electrons. The Bertz CT molecular complexity index is 769. The van der Waals surface area contributed by atoms with Crippen LogP contribution in [0.2, 0.25) is 0 Å². The Morgan fingerprint density at radius 2 is 2.10 bits per heavy atom. The SMILES string of the molecule is COc1cc(Br)cc(Nc2cc3[nH]ncc3cc2N)c1. The van der Waals surface area contributed by atoms with E-state index < -0.39 is 0 Å². The third-order valence-corrected chi connectivity index (χ3v) is 3.45. The van der Waals surface area contributed by atoms with Crippen LogP contribution in [0.3, 0.4) is 0 Å². The van der Waals surface area contributed by atoms with Crippen molar-refractivity contribution in [3.63, 3.8) is 0 Å². The molecular weight excluding hydrogens is 320 g/mol. The van der Waals surface area contributed by atoms with Crippen LogP contribution in [0, 0.1) is 0 Å². The molecule has 2 aromatic carbocycles. The summed E-state index contributed by atoms with van der Waals surface area (Å²) in [5.41, 5.74) is 9.37. The Labute approximate surface area is 124 Å². The second kappa shape index (κ2) is 5.05. The van der Waals surface area contributed by atoms with Gasteiger partial charge in [-0.05, 0) is 24.3 Å². The minimum absolute atomic E-state index is 0.665. The lowest BCUT2D eigenvalue weighted by atomic mass is 10.2. The second-order valence-electron chi connectivity index (χ2n) is 4.40. The van der Waals surface area contributed by atoms with Crippen LogP contribution in [0.15, 0.2) is 41.0 Å². The Kier molecular flexibility index (Phi) is 3.23. The maximum Gasteiger partial charge on any atom is 0.122 e. The van der Waals surface area contributed by atoms with Crippen molar-refractivity contribution in [2.45, 2.75) is 0 Å². The minimum Gasteiger partial charge on any atom is -0.497 e. The highest BCUT2D eigenvalue weighted by Crippen LogP contribution is 2.31. The van der Waals surface area contributed by atoms with Gasteiger partial charge in [0, 0.05) is 21.6 Å². The van der Waals surface area contributed by atoms with Crippen molar-refractivity contribution >= 4 is 43.9 Å². The van der Waals surface area contributed by atoms with Gasteiger partial charge in [0.1, 0.15) is 5.75 Å².